The van der Waals surface area contributed by atoms with Crippen molar-refractivity contribution in [3.8, 4) is 0 Å². The minimum atomic E-state index is 0.768. The van der Waals surface area contributed by atoms with E-state index < -0.39 is 0 Å². The summed E-state index contributed by atoms with van der Waals surface area (Å²) in [6.07, 6.45) is 9.51. The van der Waals surface area contributed by atoms with Gasteiger partial charge in [0.2, 0.25) is 0 Å². The molecular formula is C10H17N. The third-order valence-electron chi connectivity index (χ3n) is 2.44. The van der Waals surface area contributed by atoms with Gasteiger partial charge in [0.05, 0.1) is 0 Å². The predicted octanol–water partition coefficient (Wildman–Crippen LogP) is 3.03. The first-order valence-electron chi connectivity index (χ1n) is 4.45. The maximum atomic E-state index is 3.72. The molecule has 11 heavy (non-hydrogen) atoms. The average molecular weight is 151 g/mol. The van der Waals surface area contributed by atoms with Crippen molar-refractivity contribution in [2.75, 3.05) is 0 Å². The van der Waals surface area contributed by atoms with Crippen molar-refractivity contribution in [1.82, 2.24) is 0 Å². The van der Waals surface area contributed by atoms with Crippen LogP contribution in [0.15, 0.2) is 17.3 Å². The van der Waals surface area contributed by atoms with Crippen molar-refractivity contribution in [3.05, 3.63) is 12.3 Å². The highest BCUT2D eigenvalue weighted by molar-refractivity contribution is 5.25. The molecule has 0 aromatic rings. The summed E-state index contributed by atoms with van der Waals surface area (Å²) < 4.78 is 0. The van der Waals surface area contributed by atoms with Crippen molar-refractivity contribution in [2.45, 2.75) is 32.6 Å². The van der Waals surface area contributed by atoms with Gasteiger partial charge in [-0.3, -0.25) is 4.99 Å². The van der Waals surface area contributed by atoms with Crippen molar-refractivity contribution < 1.29 is 0 Å². The molecule has 1 aliphatic carbocycles. The molecule has 1 rings (SSSR count). The third kappa shape index (κ3) is 2.87. The minimum Gasteiger partial charge on any atom is -0.273 e. The molecule has 0 aliphatic heterocycles. The molecule has 1 fully saturated rings. The second-order valence-electron chi connectivity index (χ2n) is 3.56. The first kappa shape index (κ1) is 8.51. The number of aliphatic imine (C=N–C) groups is 1. The van der Waals surface area contributed by atoms with Crippen LogP contribution in [-0.2, 0) is 0 Å². The van der Waals surface area contributed by atoms with Crippen LogP contribution in [-0.4, -0.2) is 6.72 Å². The molecule has 0 saturated heterocycles. The van der Waals surface area contributed by atoms with Crippen LogP contribution in [0.1, 0.15) is 32.6 Å². The number of hydrogen-bond acceptors (Lipinski definition) is 1. The van der Waals surface area contributed by atoms with Crippen molar-refractivity contribution in [2.24, 2.45) is 16.8 Å². The standard InChI is InChI=1S/C10H17N/c1-9-4-3-5-10(8-9)6-7-11-2/h6-7,9-10H,2-5,8H2,1H3/b7-6-. The first-order chi connectivity index (χ1) is 5.33. The molecule has 1 nitrogen and oxygen atoms in total. The fourth-order valence-corrected chi connectivity index (χ4v) is 1.84. The van der Waals surface area contributed by atoms with Gasteiger partial charge < -0.3 is 0 Å². The Kier molecular flexibility index (Phi) is 3.34. The van der Waals surface area contributed by atoms with E-state index in [1.807, 2.05) is 6.20 Å². The first-order valence-corrected chi connectivity index (χ1v) is 4.45. The van der Waals surface area contributed by atoms with E-state index in [0.717, 1.165) is 11.8 Å². The van der Waals surface area contributed by atoms with Gasteiger partial charge in [-0.15, -0.1) is 0 Å². The summed E-state index contributed by atoms with van der Waals surface area (Å²) in [7, 11) is 0. The predicted molar refractivity (Wildman–Crippen MR) is 49.8 cm³/mol. The molecule has 0 N–H and O–H groups in total. The van der Waals surface area contributed by atoms with E-state index in [1.54, 1.807) is 0 Å². The molecule has 1 heteroatoms. The Labute approximate surface area is 69.2 Å². The Hall–Kier alpha value is -0.590. The molecule has 0 bridgehead atoms. The van der Waals surface area contributed by atoms with Gasteiger partial charge in [0.15, 0.2) is 0 Å². The van der Waals surface area contributed by atoms with Crippen LogP contribution >= 0.6 is 0 Å². The van der Waals surface area contributed by atoms with Gasteiger partial charge in [-0.2, -0.15) is 0 Å². The van der Waals surface area contributed by atoms with Gasteiger partial charge in [-0.25, -0.2) is 0 Å². The molecule has 62 valence electrons. The second-order valence-corrected chi connectivity index (χ2v) is 3.56. The Bertz CT molecular complexity index is 149. The van der Waals surface area contributed by atoms with E-state index in [0.29, 0.717) is 0 Å². The molecular weight excluding hydrogens is 134 g/mol. The Morgan fingerprint density at radius 1 is 1.45 bits per heavy atom. The van der Waals surface area contributed by atoms with Crippen LogP contribution in [0.25, 0.3) is 0 Å². The molecule has 2 atom stereocenters. The molecule has 0 spiro atoms. The van der Waals surface area contributed by atoms with E-state index in [4.69, 9.17) is 0 Å². The topological polar surface area (TPSA) is 12.4 Å². The van der Waals surface area contributed by atoms with E-state index in [1.165, 1.54) is 25.7 Å². The normalized spacial score (nSPS) is 32.5. The highest BCUT2D eigenvalue weighted by atomic mass is 14.6. The van der Waals surface area contributed by atoms with Gasteiger partial charge in [-0.05, 0) is 31.4 Å². The molecule has 0 aromatic carbocycles. The Balaban J connectivity index is 2.33. The molecule has 2 unspecified atom stereocenters. The summed E-state index contributed by atoms with van der Waals surface area (Å²) in [5.74, 6) is 1.67. The van der Waals surface area contributed by atoms with Gasteiger partial charge in [0.25, 0.3) is 0 Å². The monoisotopic (exact) mass is 151 g/mol. The highest BCUT2D eigenvalue weighted by Gasteiger charge is 2.15. The zero-order chi connectivity index (χ0) is 8.10. The lowest BCUT2D eigenvalue weighted by atomic mass is 9.82. The van der Waals surface area contributed by atoms with Crippen molar-refractivity contribution in [3.63, 3.8) is 0 Å². The van der Waals surface area contributed by atoms with E-state index in [9.17, 15) is 0 Å². The van der Waals surface area contributed by atoms with Gasteiger partial charge in [-0.1, -0.05) is 25.8 Å². The maximum absolute atomic E-state index is 3.72. The third-order valence-corrected chi connectivity index (χ3v) is 2.44. The number of nitrogens with zero attached hydrogens (tertiary/aromatic N) is 1. The van der Waals surface area contributed by atoms with E-state index in [-0.39, 0.29) is 0 Å². The largest absolute Gasteiger partial charge is 0.273 e. The molecule has 1 saturated carbocycles. The lowest BCUT2D eigenvalue weighted by molar-refractivity contribution is 0.325. The number of allylic oxidation sites excluding steroid dienone is 1. The summed E-state index contributed by atoms with van der Waals surface area (Å²) in [4.78, 5) is 3.72. The number of rotatable bonds is 2. The summed E-state index contributed by atoms with van der Waals surface area (Å²) in [6, 6.07) is 0. The summed E-state index contributed by atoms with van der Waals surface area (Å²) in [5.41, 5.74) is 0. The molecule has 0 aromatic heterocycles. The van der Waals surface area contributed by atoms with Gasteiger partial charge in [0, 0.05) is 6.20 Å². The Morgan fingerprint density at radius 2 is 2.27 bits per heavy atom. The molecule has 1 aliphatic rings. The highest BCUT2D eigenvalue weighted by Crippen LogP contribution is 2.29. The summed E-state index contributed by atoms with van der Waals surface area (Å²) in [5, 5.41) is 0. The number of hydrogen-bond donors (Lipinski definition) is 0. The second kappa shape index (κ2) is 4.32. The zero-order valence-electron chi connectivity index (χ0n) is 7.29. The van der Waals surface area contributed by atoms with Crippen LogP contribution in [0.4, 0.5) is 0 Å². The smallest absolute Gasteiger partial charge is 0.0223 e. The van der Waals surface area contributed by atoms with E-state index in [2.05, 4.69) is 24.7 Å². The van der Waals surface area contributed by atoms with Crippen molar-refractivity contribution in [1.29, 1.82) is 0 Å². The van der Waals surface area contributed by atoms with Gasteiger partial charge in [0.1, 0.15) is 0 Å². The quantitative estimate of drug-likeness (QED) is 0.538. The SMILES string of the molecule is C=N/C=C\C1CCCC(C)C1. The minimum absolute atomic E-state index is 0.768. The lowest BCUT2D eigenvalue weighted by Gasteiger charge is -2.23. The van der Waals surface area contributed by atoms with E-state index >= 15 is 0 Å². The Morgan fingerprint density at radius 3 is 2.91 bits per heavy atom. The van der Waals surface area contributed by atoms with Crippen LogP contribution in [0.3, 0.4) is 0 Å². The maximum Gasteiger partial charge on any atom is 0.0223 e. The molecule has 0 heterocycles. The zero-order valence-corrected chi connectivity index (χ0v) is 7.29. The lowest BCUT2D eigenvalue weighted by Crippen LogP contribution is -2.10. The molecule has 0 amide bonds. The molecule has 0 radical (unpaired) electrons. The fourth-order valence-electron chi connectivity index (χ4n) is 1.84. The average Bonchev–Trinajstić information content (AvgIpc) is 2.01. The fraction of sp³-hybridized carbons (Fsp3) is 0.700. The van der Waals surface area contributed by atoms with Crippen LogP contribution in [0.5, 0.6) is 0 Å². The van der Waals surface area contributed by atoms with Gasteiger partial charge >= 0.3 is 0 Å². The summed E-state index contributed by atoms with van der Waals surface area (Å²) >= 11 is 0. The van der Waals surface area contributed by atoms with Crippen molar-refractivity contribution >= 4 is 6.72 Å². The van der Waals surface area contributed by atoms with Crippen LogP contribution in [0, 0.1) is 11.8 Å². The van der Waals surface area contributed by atoms with Crippen LogP contribution < -0.4 is 0 Å². The summed E-state index contributed by atoms with van der Waals surface area (Å²) in [6.45, 7) is 5.76. The van der Waals surface area contributed by atoms with Crippen LogP contribution in [0.2, 0.25) is 0 Å².